The highest BCUT2D eigenvalue weighted by Crippen LogP contribution is 2.14. The molecule has 0 aliphatic carbocycles. The fourth-order valence-electron chi connectivity index (χ4n) is 0.899. The van der Waals surface area contributed by atoms with Crippen LogP contribution in [0.15, 0.2) is 0 Å². The van der Waals surface area contributed by atoms with E-state index in [4.69, 9.17) is 5.11 Å². The van der Waals surface area contributed by atoms with Gasteiger partial charge in [0.2, 0.25) is 5.82 Å². The summed E-state index contributed by atoms with van der Waals surface area (Å²) in [4.78, 5) is 11.7. The van der Waals surface area contributed by atoms with Crippen LogP contribution in [0.1, 0.15) is 39.1 Å². The number of nitrogens with zero attached hydrogens (tertiary/aromatic N) is 4. The summed E-state index contributed by atoms with van der Waals surface area (Å²) in [5, 5.41) is 29.1. The van der Waals surface area contributed by atoms with Crippen LogP contribution in [0.4, 0.5) is 0 Å². The molecule has 0 saturated heterocycles. The number of aliphatic hydroxyl groups is 1. The van der Waals surface area contributed by atoms with Gasteiger partial charge in [-0.3, -0.25) is 4.79 Å². The van der Waals surface area contributed by atoms with E-state index in [1.54, 1.807) is 0 Å². The highest BCUT2D eigenvalue weighted by atomic mass is 16.4. The normalized spacial score (nSPS) is 13.9. The van der Waals surface area contributed by atoms with E-state index >= 15 is 0 Å². The SMILES string of the molecule is CC(C)(C)n1nnc([C@H](O)CC(=O)O)n1. The minimum atomic E-state index is -1.21. The molecule has 7 heteroatoms. The second-order valence-electron chi connectivity index (χ2n) is 4.22. The van der Waals surface area contributed by atoms with Crippen LogP contribution in [0, 0.1) is 0 Å². The lowest BCUT2D eigenvalue weighted by Crippen LogP contribution is -2.25. The Kier molecular flexibility index (Phi) is 3.04. The Bertz CT molecular complexity index is 355. The van der Waals surface area contributed by atoms with Gasteiger partial charge in [-0.25, -0.2) is 0 Å². The second-order valence-corrected chi connectivity index (χ2v) is 4.22. The van der Waals surface area contributed by atoms with Crippen molar-refractivity contribution >= 4 is 5.97 Å². The van der Waals surface area contributed by atoms with Crippen LogP contribution in [-0.2, 0) is 10.3 Å². The molecule has 15 heavy (non-hydrogen) atoms. The molecule has 0 aromatic carbocycles. The van der Waals surface area contributed by atoms with E-state index in [9.17, 15) is 9.90 Å². The van der Waals surface area contributed by atoms with Gasteiger partial charge in [-0.1, -0.05) is 0 Å². The predicted molar refractivity (Wildman–Crippen MR) is 50.0 cm³/mol. The summed E-state index contributed by atoms with van der Waals surface area (Å²) >= 11 is 0. The van der Waals surface area contributed by atoms with E-state index in [0.717, 1.165) is 0 Å². The first-order chi connectivity index (χ1) is 6.80. The first-order valence-corrected chi connectivity index (χ1v) is 4.51. The monoisotopic (exact) mass is 214 g/mol. The Balaban J connectivity index is 2.80. The van der Waals surface area contributed by atoms with Gasteiger partial charge in [0.1, 0.15) is 6.10 Å². The third-order valence-electron chi connectivity index (χ3n) is 1.70. The third kappa shape index (κ3) is 2.98. The number of tetrazole rings is 1. The molecular weight excluding hydrogens is 200 g/mol. The molecule has 2 N–H and O–H groups in total. The van der Waals surface area contributed by atoms with Gasteiger partial charge in [-0.2, -0.15) is 4.80 Å². The van der Waals surface area contributed by atoms with Gasteiger partial charge < -0.3 is 10.2 Å². The first kappa shape index (κ1) is 11.6. The van der Waals surface area contributed by atoms with Crippen molar-refractivity contribution in [2.75, 3.05) is 0 Å². The van der Waals surface area contributed by atoms with Gasteiger partial charge in [0.05, 0.1) is 12.0 Å². The number of carbonyl (C=O) groups is 1. The molecule has 1 aromatic heterocycles. The summed E-state index contributed by atoms with van der Waals surface area (Å²) < 4.78 is 0. The number of carboxylic acid groups (broad SMARTS) is 1. The topological polar surface area (TPSA) is 101 Å². The third-order valence-corrected chi connectivity index (χ3v) is 1.70. The van der Waals surface area contributed by atoms with E-state index in [2.05, 4.69) is 15.4 Å². The molecule has 84 valence electrons. The van der Waals surface area contributed by atoms with Crippen molar-refractivity contribution in [3.05, 3.63) is 5.82 Å². The first-order valence-electron chi connectivity index (χ1n) is 4.51. The Morgan fingerprint density at radius 1 is 1.53 bits per heavy atom. The maximum absolute atomic E-state index is 10.3. The van der Waals surface area contributed by atoms with Crippen LogP contribution in [0.3, 0.4) is 0 Å². The van der Waals surface area contributed by atoms with E-state index < -0.39 is 18.5 Å². The van der Waals surface area contributed by atoms with Gasteiger partial charge in [-0.15, -0.1) is 10.2 Å². The van der Waals surface area contributed by atoms with E-state index in [0.29, 0.717) is 0 Å². The Morgan fingerprint density at radius 2 is 2.13 bits per heavy atom. The molecule has 7 nitrogen and oxygen atoms in total. The number of aliphatic hydroxyl groups excluding tert-OH is 1. The largest absolute Gasteiger partial charge is 0.481 e. The van der Waals surface area contributed by atoms with Gasteiger partial charge in [0.25, 0.3) is 0 Å². The van der Waals surface area contributed by atoms with E-state index in [1.165, 1.54) is 4.80 Å². The summed E-state index contributed by atoms with van der Waals surface area (Å²) in [6.07, 6.45) is -1.63. The number of carboxylic acids is 1. The summed E-state index contributed by atoms with van der Waals surface area (Å²) in [5.41, 5.74) is -0.339. The Labute approximate surface area is 86.7 Å². The van der Waals surface area contributed by atoms with Crippen molar-refractivity contribution in [2.45, 2.75) is 38.8 Å². The highest BCUT2D eigenvalue weighted by molar-refractivity contribution is 5.67. The van der Waals surface area contributed by atoms with E-state index in [-0.39, 0.29) is 11.4 Å². The number of aliphatic carboxylic acids is 1. The fraction of sp³-hybridized carbons (Fsp3) is 0.750. The molecule has 1 rings (SSSR count). The summed E-state index contributed by atoms with van der Waals surface area (Å²) in [6, 6.07) is 0. The van der Waals surface area contributed by atoms with Crippen molar-refractivity contribution in [2.24, 2.45) is 0 Å². The number of hydrogen-bond donors (Lipinski definition) is 2. The van der Waals surface area contributed by atoms with Crippen LogP contribution in [0.25, 0.3) is 0 Å². The smallest absolute Gasteiger partial charge is 0.306 e. The van der Waals surface area contributed by atoms with Crippen molar-refractivity contribution in [1.82, 2.24) is 20.2 Å². The number of aromatic nitrogens is 4. The molecule has 0 amide bonds. The van der Waals surface area contributed by atoms with Crippen LogP contribution in [0.2, 0.25) is 0 Å². The lowest BCUT2D eigenvalue weighted by Gasteiger charge is -2.15. The molecule has 0 bridgehead atoms. The van der Waals surface area contributed by atoms with Crippen molar-refractivity contribution < 1.29 is 15.0 Å². The van der Waals surface area contributed by atoms with Gasteiger partial charge >= 0.3 is 5.97 Å². The summed E-state index contributed by atoms with van der Waals surface area (Å²) in [5.74, 6) is -1.07. The van der Waals surface area contributed by atoms with Crippen molar-refractivity contribution in [3.63, 3.8) is 0 Å². The van der Waals surface area contributed by atoms with Gasteiger partial charge in [0.15, 0.2) is 0 Å². The average Bonchev–Trinajstić information content (AvgIpc) is 2.48. The molecule has 1 aromatic rings. The zero-order valence-corrected chi connectivity index (χ0v) is 8.88. The molecule has 0 spiro atoms. The molecule has 0 radical (unpaired) electrons. The van der Waals surface area contributed by atoms with Crippen LogP contribution >= 0.6 is 0 Å². The maximum atomic E-state index is 10.3. The number of rotatable bonds is 3. The fourth-order valence-corrected chi connectivity index (χ4v) is 0.899. The lowest BCUT2D eigenvalue weighted by molar-refractivity contribution is -0.139. The molecule has 1 atom stereocenters. The van der Waals surface area contributed by atoms with Crippen LogP contribution in [-0.4, -0.2) is 36.4 Å². The van der Waals surface area contributed by atoms with Crippen LogP contribution < -0.4 is 0 Å². The molecule has 0 aliphatic rings. The zero-order chi connectivity index (χ0) is 11.6. The minimum absolute atomic E-state index is 0.0346. The molecule has 1 heterocycles. The maximum Gasteiger partial charge on any atom is 0.306 e. The number of hydrogen-bond acceptors (Lipinski definition) is 5. The van der Waals surface area contributed by atoms with Gasteiger partial charge in [0, 0.05) is 0 Å². The molecule has 0 unspecified atom stereocenters. The summed E-state index contributed by atoms with van der Waals surface area (Å²) in [7, 11) is 0. The lowest BCUT2D eigenvalue weighted by atomic mass is 10.1. The van der Waals surface area contributed by atoms with Crippen LogP contribution in [0.5, 0.6) is 0 Å². The van der Waals surface area contributed by atoms with Crippen molar-refractivity contribution in [3.8, 4) is 0 Å². The standard InChI is InChI=1S/C8H14N4O3/c1-8(2,3)12-10-7(9-11-12)5(13)4-6(14)15/h5,13H,4H2,1-3H3,(H,14,15)/t5-/m1/s1. The Hall–Kier alpha value is -1.50. The highest BCUT2D eigenvalue weighted by Gasteiger charge is 2.21. The Morgan fingerprint density at radius 3 is 2.53 bits per heavy atom. The summed E-state index contributed by atoms with van der Waals surface area (Å²) in [6.45, 7) is 5.63. The zero-order valence-electron chi connectivity index (χ0n) is 8.88. The van der Waals surface area contributed by atoms with Gasteiger partial charge in [-0.05, 0) is 26.0 Å². The predicted octanol–water partition coefficient (Wildman–Crippen LogP) is -0.0638. The van der Waals surface area contributed by atoms with E-state index in [1.807, 2.05) is 20.8 Å². The van der Waals surface area contributed by atoms with Crippen molar-refractivity contribution in [1.29, 1.82) is 0 Å². The quantitative estimate of drug-likeness (QED) is 0.730. The molecule has 0 fully saturated rings. The molecular formula is C8H14N4O3. The minimum Gasteiger partial charge on any atom is -0.481 e. The molecule has 0 saturated carbocycles. The molecule has 0 aliphatic heterocycles. The average molecular weight is 214 g/mol. The second kappa shape index (κ2) is 3.93.